The van der Waals surface area contributed by atoms with E-state index < -0.39 is 0 Å². The summed E-state index contributed by atoms with van der Waals surface area (Å²) in [4.78, 5) is 14.8. The molecule has 0 radical (unpaired) electrons. The first-order valence-corrected chi connectivity index (χ1v) is 8.80. The molecule has 2 heterocycles. The molecule has 5 heteroatoms. The number of nitrogens with one attached hydrogen (secondary N) is 2. The summed E-state index contributed by atoms with van der Waals surface area (Å²) >= 11 is 0. The standard InChI is InChI=1S/C19H26N4O/c1-14(2)17-12-18(22-21-17)19(24)20-16-8-6-7-15(11-16)13-23-9-4-3-5-10-23/h6-8,11-12,14H,3-5,9-10,13H2,1-2H3,(H,20,24)(H,21,22). The van der Waals surface area contributed by atoms with Gasteiger partial charge in [0.1, 0.15) is 0 Å². The third-order valence-electron chi connectivity index (χ3n) is 4.49. The number of piperidine rings is 1. The highest BCUT2D eigenvalue weighted by Crippen LogP contribution is 2.17. The second-order valence-corrected chi connectivity index (χ2v) is 6.85. The molecule has 1 aliphatic rings. The van der Waals surface area contributed by atoms with Crippen LogP contribution in [-0.2, 0) is 6.54 Å². The van der Waals surface area contributed by atoms with Crippen LogP contribution < -0.4 is 5.32 Å². The highest BCUT2D eigenvalue weighted by molar-refractivity contribution is 6.02. The molecule has 0 spiro atoms. The van der Waals surface area contributed by atoms with Gasteiger partial charge in [-0.15, -0.1) is 0 Å². The monoisotopic (exact) mass is 326 g/mol. The number of hydrogen-bond acceptors (Lipinski definition) is 3. The van der Waals surface area contributed by atoms with Gasteiger partial charge in [0.25, 0.3) is 5.91 Å². The van der Waals surface area contributed by atoms with Crippen LogP contribution in [0.4, 0.5) is 5.69 Å². The van der Waals surface area contributed by atoms with Crippen LogP contribution in [0.15, 0.2) is 30.3 Å². The Balaban J connectivity index is 1.63. The van der Waals surface area contributed by atoms with Gasteiger partial charge in [0.05, 0.1) is 0 Å². The molecule has 0 unspecified atom stereocenters. The van der Waals surface area contributed by atoms with Gasteiger partial charge in [-0.1, -0.05) is 32.4 Å². The van der Waals surface area contributed by atoms with Crippen molar-refractivity contribution in [3.05, 3.63) is 47.3 Å². The minimum Gasteiger partial charge on any atom is -0.321 e. The molecule has 1 aliphatic heterocycles. The normalized spacial score (nSPS) is 15.6. The van der Waals surface area contributed by atoms with Crippen molar-refractivity contribution in [2.45, 2.75) is 45.6 Å². The molecule has 0 aliphatic carbocycles. The second-order valence-electron chi connectivity index (χ2n) is 6.85. The maximum atomic E-state index is 12.3. The smallest absolute Gasteiger partial charge is 0.276 e. The van der Waals surface area contributed by atoms with Crippen molar-refractivity contribution in [2.75, 3.05) is 18.4 Å². The number of rotatable bonds is 5. The van der Waals surface area contributed by atoms with E-state index in [-0.39, 0.29) is 5.91 Å². The van der Waals surface area contributed by atoms with Crippen molar-refractivity contribution in [1.29, 1.82) is 0 Å². The largest absolute Gasteiger partial charge is 0.321 e. The van der Waals surface area contributed by atoms with Crippen molar-refractivity contribution in [2.24, 2.45) is 0 Å². The van der Waals surface area contributed by atoms with E-state index in [2.05, 4.69) is 46.4 Å². The number of nitrogens with zero attached hydrogens (tertiary/aromatic N) is 2. The molecule has 1 fully saturated rings. The van der Waals surface area contributed by atoms with E-state index in [0.29, 0.717) is 11.6 Å². The number of aromatic amines is 1. The summed E-state index contributed by atoms with van der Waals surface area (Å²) in [5.74, 6) is 0.153. The molecule has 1 aromatic carbocycles. The van der Waals surface area contributed by atoms with Crippen molar-refractivity contribution >= 4 is 11.6 Å². The Labute approximate surface area is 143 Å². The Morgan fingerprint density at radius 2 is 2.04 bits per heavy atom. The van der Waals surface area contributed by atoms with Crippen molar-refractivity contribution in [1.82, 2.24) is 15.1 Å². The maximum absolute atomic E-state index is 12.3. The van der Waals surface area contributed by atoms with Gasteiger partial charge in [-0.25, -0.2) is 0 Å². The first-order valence-electron chi connectivity index (χ1n) is 8.80. The van der Waals surface area contributed by atoms with E-state index in [9.17, 15) is 4.79 Å². The average Bonchev–Trinajstić information content (AvgIpc) is 3.06. The van der Waals surface area contributed by atoms with Crippen molar-refractivity contribution in [3.8, 4) is 0 Å². The fourth-order valence-corrected chi connectivity index (χ4v) is 3.07. The number of carbonyl (C=O) groups excluding carboxylic acids is 1. The first-order chi connectivity index (χ1) is 11.6. The van der Waals surface area contributed by atoms with Gasteiger partial charge in [-0.3, -0.25) is 14.8 Å². The molecule has 1 amide bonds. The number of hydrogen-bond donors (Lipinski definition) is 2. The molecule has 3 rings (SSSR count). The zero-order valence-corrected chi connectivity index (χ0v) is 14.5. The van der Waals surface area contributed by atoms with Crippen LogP contribution in [0.1, 0.15) is 60.8 Å². The molecular weight excluding hydrogens is 300 g/mol. The molecule has 1 saturated heterocycles. The molecule has 0 bridgehead atoms. The summed E-state index contributed by atoms with van der Waals surface area (Å²) in [6, 6.07) is 9.92. The predicted octanol–water partition coefficient (Wildman–Crippen LogP) is 3.77. The Kier molecular flexibility index (Phi) is 5.30. The number of likely N-dealkylation sites (tertiary alicyclic amines) is 1. The quantitative estimate of drug-likeness (QED) is 0.879. The summed E-state index contributed by atoms with van der Waals surface area (Å²) < 4.78 is 0. The number of benzene rings is 1. The molecule has 5 nitrogen and oxygen atoms in total. The number of anilines is 1. The van der Waals surface area contributed by atoms with Crippen LogP contribution in [0.5, 0.6) is 0 Å². The Bertz CT molecular complexity index is 686. The summed E-state index contributed by atoms with van der Waals surface area (Å²) in [7, 11) is 0. The minimum atomic E-state index is -0.173. The molecule has 2 N–H and O–H groups in total. The predicted molar refractivity (Wildman–Crippen MR) is 96.2 cm³/mol. The zero-order chi connectivity index (χ0) is 16.9. The van der Waals surface area contributed by atoms with Gasteiger partial charge >= 0.3 is 0 Å². The maximum Gasteiger partial charge on any atom is 0.276 e. The molecule has 128 valence electrons. The third kappa shape index (κ3) is 4.23. The molecule has 0 saturated carbocycles. The van der Waals surface area contributed by atoms with Gasteiger partial charge in [0.2, 0.25) is 0 Å². The SMILES string of the molecule is CC(C)c1cc(C(=O)Nc2cccc(CN3CCCCC3)c2)n[nH]1. The summed E-state index contributed by atoms with van der Waals surface area (Å²) in [6.07, 6.45) is 3.91. The van der Waals surface area contributed by atoms with Gasteiger partial charge in [-0.2, -0.15) is 5.10 Å². The fraction of sp³-hybridized carbons (Fsp3) is 0.474. The van der Waals surface area contributed by atoms with Crippen LogP contribution in [0.2, 0.25) is 0 Å². The van der Waals surface area contributed by atoms with Crippen LogP contribution in [-0.4, -0.2) is 34.1 Å². The topological polar surface area (TPSA) is 61.0 Å². The van der Waals surface area contributed by atoms with E-state index in [4.69, 9.17) is 0 Å². The Morgan fingerprint density at radius 3 is 2.75 bits per heavy atom. The fourth-order valence-electron chi connectivity index (χ4n) is 3.07. The lowest BCUT2D eigenvalue weighted by Gasteiger charge is -2.26. The molecule has 0 atom stereocenters. The molecule has 24 heavy (non-hydrogen) atoms. The zero-order valence-electron chi connectivity index (χ0n) is 14.5. The van der Waals surface area contributed by atoms with Crippen LogP contribution in [0, 0.1) is 0 Å². The Hall–Kier alpha value is -2.14. The Morgan fingerprint density at radius 1 is 1.25 bits per heavy atom. The highest BCUT2D eigenvalue weighted by atomic mass is 16.1. The summed E-state index contributed by atoms with van der Waals surface area (Å²) in [5, 5.41) is 9.97. The summed E-state index contributed by atoms with van der Waals surface area (Å²) in [6.45, 7) is 7.42. The van der Waals surface area contributed by atoms with Crippen LogP contribution >= 0.6 is 0 Å². The lowest BCUT2D eigenvalue weighted by molar-refractivity contribution is 0.102. The van der Waals surface area contributed by atoms with Gasteiger partial charge < -0.3 is 5.32 Å². The second kappa shape index (κ2) is 7.62. The van der Waals surface area contributed by atoms with Gasteiger partial charge in [0.15, 0.2) is 5.69 Å². The third-order valence-corrected chi connectivity index (χ3v) is 4.49. The van der Waals surface area contributed by atoms with Crippen LogP contribution in [0.25, 0.3) is 0 Å². The van der Waals surface area contributed by atoms with Crippen molar-refractivity contribution in [3.63, 3.8) is 0 Å². The van der Waals surface area contributed by atoms with E-state index >= 15 is 0 Å². The highest BCUT2D eigenvalue weighted by Gasteiger charge is 2.14. The lowest BCUT2D eigenvalue weighted by atomic mass is 10.1. The van der Waals surface area contributed by atoms with E-state index in [1.54, 1.807) is 0 Å². The number of aromatic nitrogens is 2. The molecule has 1 aromatic heterocycles. The minimum absolute atomic E-state index is 0.173. The summed E-state index contributed by atoms with van der Waals surface area (Å²) in [5.41, 5.74) is 3.46. The number of carbonyl (C=O) groups is 1. The van der Waals surface area contributed by atoms with Gasteiger partial charge in [0, 0.05) is 17.9 Å². The first kappa shape index (κ1) is 16.7. The number of amides is 1. The lowest BCUT2D eigenvalue weighted by Crippen LogP contribution is -2.29. The van der Waals surface area contributed by atoms with E-state index in [1.807, 2.05) is 18.2 Å². The van der Waals surface area contributed by atoms with Crippen molar-refractivity contribution < 1.29 is 4.79 Å². The molecule has 2 aromatic rings. The van der Waals surface area contributed by atoms with Crippen LogP contribution in [0.3, 0.4) is 0 Å². The van der Waals surface area contributed by atoms with Gasteiger partial charge in [-0.05, 0) is 55.6 Å². The average molecular weight is 326 g/mol. The number of H-pyrrole nitrogens is 1. The molecular formula is C19H26N4O. The van der Waals surface area contributed by atoms with E-state index in [1.165, 1.54) is 37.9 Å². The van der Waals surface area contributed by atoms with E-state index in [0.717, 1.165) is 17.9 Å².